The van der Waals surface area contributed by atoms with Crippen molar-refractivity contribution in [3.63, 3.8) is 0 Å². The smallest absolute Gasteiger partial charge is 0.261 e. The highest BCUT2D eigenvalue weighted by Crippen LogP contribution is 2.25. The molecule has 0 spiro atoms. The van der Waals surface area contributed by atoms with E-state index in [0.29, 0.717) is 6.54 Å². The third-order valence-electron chi connectivity index (χ3n) is 2.88. The van der Waals surface area contributed by atoms with Crippen molar-refractivity contribution in [3.8, 4) is 0 Å². The van der Waals surface area contributed by atoms with Crippen LogP contribution in [0.1, 0.15) is 25.7 Å². The van der Waals surface area contributed by atoms with Crippen molar-refractivity contribution in [3.05, 3.63) is 0 Å². The van der Waals surface area contributed by atoms with Gasteiger partial charge in [0.2, 0.25) is 5.91 Å². The van der Waals surface area contributed by atoms with Crippen molar-refractivity contribution in [1.82, 2.24) is 4.90 Å². The molecule has 1 rings (SSSR count). The van der Waals surface area contributed by atoms with E-state index in [-0.39, 0.29) is 31.6 Å². The minimum atomic E-state index is -2.50. The molecular formula is C11H19F2NO3. The Balaban J connectivity index is 2.22. The fraction of sp³-hybridized carbons (Fsp3) is 0.909. The Morgan fingerprint density at radius 1 is 1.47 bits per heavy atom. The van der Waals surface area contributed by atoms with Crippen molar-refractivity contribution in [2.45, 2.75) is 38.2 Å². The molecule has 0 bridgehead atoms. The molecule has 100 valence electrons. The second kappa shape index (κ2) is 7.55. The van der Waals surface area contributed by atoms with Crippen LogP contribution in [0.25, 0.3) is 0 Å². The van der Waals surface area contributed by atoms with Gasteiger partial charge in [0, 0.05) is 12.6 Å². The Morgan fingerprint density at radius 3 is 2.65 bits per heavy atom. The molecule has 1 saturated carbocycles. The third kappa shape index (κ3) is 4.95. The number of carbonyl (C=O) groups is 1. The molecule has 0 aromatic heterocycles. The van der Waals surface area contributed by atoms with Crippen molar-refractivity contribution < 1.29 is 23.4 Å². The van der Waals surface area contributed by atoms with E-state index in [2.05, 4.69) is 4.74 Å². The summed E-state index contributed by atoms with van der Waals surface area (Å²) in [6.45, 7) is -0.368. The van der Waals surface area contributed by atoms with Crippen LogP contribution in [0, 0.1) is 0 Å². The molecule has 0 aromatic carbocycles. The average molecular weight is 251 g/mol. The number of amides is 1. The molecule has 0 atom stereocenters. The van der Waals surface area contributed by atoms with Gasteiger partial charge in [0.05, 0.1) is 19.6 Å². The maximum absolute atomic E-state index is 11.8. The molecule has 1 amide bonds. The third-order valence-corrected chi connectivity index (χ3v) is 2.88. The van der Waals surface area contributed by atoms with Gasteiger partial charge in [-0.15, -0.1) is 0 Å². The average Bonchev–Trinajstić information content (AvgIpc) is 2.20. The van der Waals surface area contributed by atoms with Gasteiger partial charge in [0.15, 0.2) is 0 Å². The van der Waals surface area contributed by atoms with Crippen molar-refractivity contribution >= 4 is 5.91 Å². The van der Waals surface area contributed by atoms with Crippen LogP contribution in [0.2, 0.25) is 0 Å². The quantitative estimate of drug-likeness (QED) is 0.656. The number of hydrogen-bond acceptors (Lipinski definition) is 3. The minimum absolute atomic E-state index is 0.0117. The summed E-state index contributed by atoms with van der Waals surface area (Å²) in [6.07, 6.45) is 0.628. The number of carbonyl (C=O) groups excluding carboxylic acids is 1. The molecule has 0 aromatic rings. The maximum atomic E-state index is 11.8. The molecule has 1 fully saturated rings. The topological polar surface area (TPSA) is 49.8 Å². The van der Waals surface area contributed by atoms with E-state index in [1.807, 2.05) is 0 Å². The van der Waals surface area contributed by atoms with Crippen LogP contribution >= 0.6 is 0 Å². The number of aliphatic hydroxyl groups excluding tert-OH is 1. The molecule has 6 heteroatoms. The van der Waals surface area contributed by atoms with Gasteiger partial charge in [-0.05, 0) is 19.3 Å². The molecule has 0 heterocycles. The van der Waals surface area contributed by atoms with Crippen molar-refractivity contribution in [2.75, 3.05) is 26.4 Å². The molecule has 17 heavy (non-hydrogen) atoms. The lowest BCUT2D eigenvalue weighted by Crippen LogP contribution is -2.45. The lowest BCUT2D eigenvalue weighted by atomic mass is 9.91. The van der Waals surface area contributed by atoms with Gasteiger partial charge in [0.1, 0.15) is 6.61 Å². The SMILES string of the molecule is O=C(CCOCC(F)F)N(CCO)C1CCC1. The summed E-state index contributed by atoms with van der Waals surface area (Å²) in [5, 5.41) is 8.87. The number of nitrogens with zero attached hydrogens (tertiary/aromatic N) is 1. The molecule has 1 aliphatic rings. The number of aliphatic hydroxyl groups is 1. The van der Waals surface area contributed by atoms with Gasteiger partial charge in [0.25, 0.3) is 6.43 Å². The lowest BCUT2D eigenvalue weighted by Gasteiger charge is -2.37. The van der Waals surface area contributed by atoms with E-state index in [1.165, 1.54) is 0 Å². The minimum Gasteiger partial charge on any atom is -0.395 e. The standard InChI is InChI=1S/C11H19F2NO3/c12-10(13)8-17-7-4-11(16)14(5-6-15)9-2-1-3-9/h9-10,15H,1-8H2. The molecular weight excluding hydrogens is 232 g/mol. The molecule has 0 radical (unpaired) electrons. The van der Waals surface area contributed by atoms with Crippen LogP contribution in [-0.4, -0.2) is 54.7 Å². The Kier molecular flexibility index (Phi) is 6.36. The highest BCUT2D eigenvalue weighted by Gasteiger charge is 2.27. The molecule has 4 nitrogen and oxygen atoms in total. The zero-order valence-electron chi connectivity index (χ0n) is 9.78. The largest absolute Gasteiger partial charge is 0.395 e. The Bertz CT molecular complexity index is 235. The first-order valence-electron chi connectivity index (χ1n) is 5.91. The van der Waals surface area contributed by atoms with Crippen LogP contribution in [0.15, 0.2) is 0 Å². The summed E-state index contributed by atoms with van der Waals surface area (Å²) in [4.78, 5) is 13.4. The second-order valence-corrected chi connectivity index (χ2v) is 4.11. The summed E-state index contributed by atoms with van der Waals surface area (Å²) in [7, 11) is 0. The maximum Gasteiger partial charge on any atom is 0.261 e. The van der Waals surface area contributed by atoms with Crippen LogP contribution in [0.4, 0.5) is 8.78 Å². The van der Waals surface area contributed by atoms with Gasteiger partial charge < -0.3 is 14.7 Å². The summed E-state index contributed by atoms with van der Waals surface area (Å²) in [5.74, 6) is -0.127. The first-order valence-corrected chi connectivity index (χ1v) is 5.91. The van der Waals surface area contributed by atoms with Gasteiger partial charge in [-0.1, -0.05) is 0 Å². The number of rotatable bonds is 8. The van der Waals surface area contributed by atoms with E-state index in [1.54, 1.807) is 4.90 Å². The summed E-state index contributed by atoms with van der Waals surface area (Å²) >= 11 is 0. The Morgan fingerprint density at radius 2 is 2.18 bits per heavy atom. The first-order chi connectivity index (χ1) is 8.15. The summed E-state index contributed by atoms with van der Waals surface area (Å²) in [6, 6.07) is 0.213. The highest BCUT2D eigenvalue weighted by molar-refractivity contribution is 5.76. The predicted molar refractivity (Wildman–Crippen MR) is 57.9 cm³/mol. The Labute approximate surface area is 99.5 Å². The summed E-state index contributed by atoms with van der Waals surface area (Å²) in [5.41, 5.74) is 0. The van der Waals surface area contributed by atoms with E-state index >= 15 is 0 Å². The fourth-order valence-electron chi connectivity index (χ4n) is 1.79. The Hall–Kier alpha value is -0.750. The molecule has 0 aliphatic heterocycles. The fourth-order valence-corrected chi connectivity index (χ4v) is 1.79. The summed E-state index contributed by atoms with van der Waals surface area (Å²) < 4.78 is 28.2. The van der Waals surface area contributed by atoms with Crippen LogP contribution in [0.3, 0.4) is 0 Å². The van der Waals surface area contributed by atoms with E-state index in [4.69, 9.17) is 5.11 Å². The van der Waals surface area contributed by atoms with Crippen molar-refractivity contribution in [2.24, 2.45) is 0 Å². The van der Waals surface area contributed by atoms with Crippen LogP contribution in [0.5, 0.6) is 0 Å². The molecule has 0 unspecified atom stereocenters. The van der Waals surface area contributed by atoms with E-state index < -0.39 is 13.0 Å². The number of ether oxygens (including phenoxy) is 1. The normalized spacial score (nSPS) is 16.0. The van der Waals surface area contributed by atoms with Crippen LogP contribution < -0.4 is 0 Å². The van der Waals surface area contributed by atoms with E-state index in [9.17, 15) is 13.6 Å². The molecule has 1 N–H and O–H groups in total. The number of halogens is 2. The van der Waals surface area contributed by atoms with Gasteiger partial charge in [-0.3, -0.25) is 4.79 Å². The molecule has 1 aliphatic carbocycles. The van der Waals surface area contributed by atoms with E-state index in [0.717, 1.165) is 19.3 Å². The predicted octanol–water partition coefficient (Wildman–Crippen LogP) is 1.03. The highest BCUT2D eigenvalue weighted by atomic mass is 19.3. The number of alkyl halides is 2. The monoisotopic (exact) mass is 251 g/mol. The van der Waals surface area contributed by atoms with Crippen molar-refractivity contribution in [1.29, 1.82) is 0 Å². The van der Waals surface area contributed by atoms with Crippen LogP contribution in [-0.2, 0) is 9.53 Å². The molecule has 0 saturated heterocycles. The zero-order chi connectivity index (χ0) is 12.7. The number of hydrogen-bond donors (Lipinski definition) is 1. The lowest BCUT2D eigenvalue weighted by molar-refractivity contribution is -0.137. The van der Waals surface area contributed by atoms with Gasteiger partial charge in [-0.25, -0.2) is 8.78 Å². The van der Waals surface area contributed by atoms with Gasteiger partial charge in [-0.2, -0.15) is 0 Å². The zero-order valence-corrected chi connectivity index (χ0v) is 9.78. The first kappa shape index (κ1) is 14.3. The van der Waals surface area contributed by atoms with Gasteiger partial charge >= 0.3 is 0 Å². The second-order valence-electron chi connectivity index (χ2n) is 4.11.